The van der Waals surface area contributed by atoms with Gasteiger partial charge in [0, 0.05) is 17.7 Å². The van der Waals surface area contributed by atoms with Gasteiger partial charge in [0.15, 0.2) is 5.78 Å². The zero-order valence-corrected chi connectivity index (χ0v) is 18.0. The molecule has 0 spiro atoms. The number of fused-ring (bicyclic) bond motifs is 2. The van der Waals surface area contributed by atoms with E-state index in [1.54, 1.807) is 18.2 Å². The maximum absolute atomic E-state index is 13.4. The molecule has 2 aromatic carbocycles. The molecular weight excluding hydrogens is 396 g/mol. The van der Waals surface area contributed by atoms with E-state index in [0.717, 1.165) is 5.57 Å². The van der Waals surface area contributed by atoms with Gasteiger partial charge in [0.2, 0.25) is 0 Å². The van der Waals surface area contributed by atoms with Crippen LogP contribution in [0.1, 0.15) is 60.7 Å². The highest BCUT2D eigenvalue weighted by atomic mass is 16.5. The molecule has 6 nitrogen and oxygen atoms in total. The van der Waals surface area contributed by atoms with E-state index in [4.69, 9.17) is 9.47 Å². The van der Waals surface area contributed by atoms with E-state index >= 15 is 0 Å². The fourth-order valence-corrected chi connectivity index (χ4v) is 3.89. The van der Waals surface area contributed by atoms with Gasteiger partial charge in [-0.2, -0.15) is 0 Å². The number of allylic oxidation sites excluding steroid dienone is 2. The van der Waals surface area contributed by atoms with Gasteiger partial charge in [-0.15, -0.1) is 0 Å². The molecule has 0 aromatic heterocycles. The summed E-state index contributed by atoms with van der Waals surface area (Å²) in [4.78, 5) is 13.4. The summed E-state index contributed by atoms with van der Waals surface area (Å²) in [7, 11) is 0. The number of phenolic OH excluding ortho intramolecular Hbond substituents is 3. The Kier molecular flexibility index (Phi) is 4.96. The Labute approximate surface area is 181 Å². The van der Waals surface area contributed by atoms with Crippen LogP contribution in [0.25, 0.3) is 6.08 Å². The van der Waals surface area contributed by atoms with Crippen molar-refractivity contribution in [3.63, 3.8) is 0 Å². The van der Waals surface area contributed by atoms with E-state index in [2.05, 4.69) is 0 Å². The summed E-state index contributed by atoms with van der Waals surface area (Å²) in [6.07, 6.45) is 5.97. The third kappa shape index (κ3) is 3.74. The summed E-state index contributed by atoms with van der Waals surface area (Å²) in [6.45, 7) is 7.70. The Morgan fingerprint density at radius 3 is 2.58 bits per heavy atom. The lowest BCUT2D eigenvalue weighted by molar-refractivity contribution is 0.0888. The van der Waals surface area contributed by atoms with Crippen LogP contribution < -0.4 is 9.47 Å². The maximum atomic E-state index is 13.4. The number of benzene rings is 2. The second-order valence-corrected chi connectivity index (χ2v) is 8.80. The van der Waals surface area contributed by atoms with Crippen molar-refractivity contribution < 1.29 is 29.6 Å². The first-order valence-electron chi connectivity index (χ1n) is 10.2. The minimum atomic E-state index is -0.813. The highest BCUT2D eigenvalue weighted by molar-refractivity contribution is 6.08. The Morgan fingerprint density at radius 1 is 1.13 bits per heavy atom. The van der Waals surface area contributed by atoms with E-state index in [0.29, 0.717) is 28.9 Å². The number of ether oxygens (including phenoxy) is 2. The lowest BCUT2D eigenvalue weighted by atomic mass is 9.85. The molecule has 0 radical (unpaired) electrons. The van der Waals surface area contributed by atoms with Crippen molar-refractivity contribution in [2.45, 2.75) is 45.6 Å². The Balaban J connectivity index is 1.75. The van der Waals surface area contributed by atoms with Crippen LogP contribution in [0.15, 0.2) is 35.9 Å². The molecule has 3 N–H and O–H groups in total. The van der Waals surface area contributed by atoms with E-state index in [9.17, 15) is 20.1 Å². The largest absolute Gasteiger partial charge is 0.508 e. The van der Waals surface area contributed by atoms with Gasteiger partial charge in [-0.3, -0.25) is 4.79 Å². The fraction of sp³-hybridized carbons (Fsp3) is 0.320. The van der Waals surface area contributed by atoms with Crippen LogP contribution in [0.2, 0.25) is 0 Å². The van der Waals surface area contributed by atoms with Crippen molar-refractivity contribution in [2.24, 2.45) is 0 Å². The first-order chi connectivity index (χ1) is 14.6. The number of carbonyl (C=O) groups excluding carboxylic acids is 1. The predicted octanol–water partition coefficient (Wildman–Crippen LogP) is 4.86. The first-order valence-corrected chi connectivity index (χ1v) is 10.2. The molecule has 162 valence electrons. The maximum Gasteiger partial charge on any atom is 0.181 e. The van der Waals surface area contributed by atoms with Crippen LogP contribution in [-0.4, -0.2) is 33.3 Å². The molecule has 0 fully saturated rings. The molecule has 0 saturated heterocycles. The van der Waals surface area contributed by atoms with Gasteiger partial charge in [0.05, 0.1) is 11.5 Å². The molecule has 2 aliphatic heterocycles. The van der Waals surface area contributed by atoms with Crippen LogP contribution in [0.4, 0.5) is 0 Å². The number of phenols is 3. The third-order valence-electron chi connectivity index (χ3n) is 5.59. The van der Waals surface area contributed by atoms with E-state index < -0.39 is 11.5 Å². The van der Waals surface area contributed by atoms with Crippen LogP contribution in [0.3, 0.4) is 0 Å². The standard InChI is InChI=1S/C25H26O6/c1-13(2)5-6-14-9-16(19(27)10-18(14)26)17-12-30-21-11-20-15(7-8-25(3,4)31-20)23(28)22(21)24(17)29/h5,7-11,17,26-28H,6,12H2,1-4H3/t17-/m1/s1. The molecule has 31 heavy (non-hydrogen) atoms. The van der Waals surface area contributed by atoms with E-state index in [1.807, 2.05) is 39.8 Å². The molecule has 0 unspecified atom stereocenters. The third-order valence-corrected chi connectivity index (χ3v) is 5.59. The highest BCUT2D eigenvalue weighted by Gasteiger charge is 2.37. The number of ketones is 1. The summed E-state index contributed by atoms with van der Waals surface area (Å²) >= 11 is 0. The molecule has 2 aliphatic rings. The van der Waals surface area contributed by atoms with Crippen molar-refractivity contribution in [3.8, 4) is 28.7 Å². The van der Waals surface area contributed by atoms with Gasteiger partial charge >= 0.3 is 0 Å². The molecule has 0 bridgehead atoms. The Bertz CT molecular complexity index is 1140. The Morgan fingerprint density at radius 2 is 1.87 bits per heavy atom. The van der Waals surface area contributed by atoms with Gasteiger partial charge in [0.1, 0.15) is 46.5 Å². The van der Waals surface area contributed by atoms with E-state index in [1.165, 1.54) is 6.07 Å². The fourth-order valence-electron chi connectivity index (χ4n) is 3.89. The number of Topliss-reactive ketones (excluding diaryl/α,β-unsaturated/α-hetero) is 1. The molecule has 2 aromatic rings. The molecule has 1 atom stereocenters. The van der Waals surface area contributed by atoms with Gasteiger partial charge < -0.3 is 24.8 Å². The number of rotatable bonds is 3. The summed E-state index contributed by atoms with van der Waals surface area (Å²) in [6, 6.07) is 4.50. The predicted molar refractivity (Wildman–Crippen MR) is 117 cm³/mol. The molecule has 0 aliphatic carbocycles. The minimum Gasteiger partial charge on any atom is -0.508 e. The zero-order valence-electron chi connectivity index (χ0n) is 18.0. The first kappa shape index (κ1) is 20.8. The molecule has 6 heteroatoms. The van der Waals surface area contributed by atoms with E-state index in [-0.39, 0.29) is 41.0 Å². The molecule has 0 amide bonds. The van der Waals surface area contributed by atoms with Crippen molar-refractivity contribution in [2.75, 3.05) is 6.61 Å². The smallest absolute Gasteiger partial charge is 0.181 e. The van der Waals surface area contributed by atoms with Crippen molar-refractivity contribution in [1.29, 1.82) is 0 Å². The number of carbonyl (C=O) groups is 1. The van der Waals surface area contributed by atoms with Crippen molar-refractivity contribution >= 4 is 11.9 Å². The average Bonchev–Trinajstić information content (AvgIpc) is 2.67. The molecule has 0 saturated carbocycles. The second kappa shape index (κ2) is 7.38. The quantitative estimate of drug-likeness (QED) is 0.612. The normalized spacial score (nSPS) is 18.5. The molecular formula is C25H26O6. The molecule has 4 rings (SSSR count). The number of hydrogen-bond acceptors (Lipinski definition) is 6. The van der Waals surface area contributed by atoms with Crippen molar-refractivity contribution in [1.82, 2.24) is 0 Å². The van der Waals surface area contributed by atoms with Crippen molar-refractivity contribution in [3.05, 3.63) is 58.2 Å². The summed E-state index contributed by atoms with van der Waals surface area (Å²) in [5.41, 5.74) is 2.01. The van der Waals surface area contributed by atoms with Crippen LogP contribution in [0.5, 0.6) is 28.7 Å². The minimum absolute atomic E-state index is 0.00368. The SMILES string of the molecule is CC(C)=CCc1cc([C@H]2COc3cc4c(c(O)c3C2=O)C=CC(C)(C)O4)c(O)cc1O. The van der Waals surface area contributed by atoms with Crippen LogP contribution in [0, 0.1) is 0 Å². The van der Waals surface area contributed by atoms with Gasteiger partial charge in [-0.05, 0) is 57.9 Å². The van der Waals surface area contributed by atoms with Gasteiger partial charge in [-0.25, -0.2) is 0 Å². The summed E-state index contributed by atoms with van der Waals surface area (Å²) in [5, 5.41) is 31.5. The Hall–Kier alpha value is -3.41. The summed E-state index contributed by atoms with van der Waals surface area (Å²) in [5.74, 6) is -0.882. The highest BCUT2D eigenvalue weighted by Crippen LogP contribution is 2.47. The van der Waals surface area contributed by atoms with Gasteiger partial charge in [0.25, 0.3) is 0 Å². The number of hydrogen-bond donors (Lipinski definition) is 3. The second-order valence-electron chi connectivity index (χ2n) is 8.80. The van der Waals surface area contributed by atoms with Crippen LogP contribution in [-0.2, 0) is 6.42 Å². The van der Waals surface area contributed by atoms with Crippen LogP contribution >= 0.6 is 0 Å². The molecule has 2 heterocycles. The zero-order chi connectivity index (χ0) is 22.5. The lowest BCUT2D eigenvalue weighted by Gasteiger charge is -2.31. The monoisotopic (exact) mass is 422 g/mol. The number of aromatic hydroxyl groups is 3. The average molecular weight is 422 g/mol. The summed E-state index contributed by atoms with van der Waals surface area (Å²) < 4.78 is 11.7. The topological polar surface area (TPSA) is 96.2 Å². The van der Waals surface area contributed by atoms with Gasteiger partial charge in [-0.1, -0.05) is 11.6 Å². The lowest BCUT2D eigenvalue weighted by Crippen LogP contribution is -2.29.